The van der Waals surface area contributed by atoms with Gasteiger partial charge in [0.1, 0.15) is 0 Å². The van der Waals surface area contributed by atoms with E-state index in [0.717, 1.165) is 21.8 Å². The van der Waals surface area contributed by atoms with Crippen LogP contribution in [-0.2, 0) is 4.74 Å². The minimum atomic E-state index is -0.385. The molecule has 0 radical (unpaired) electrons. The summed E-state index contributed by atoms with van der Waals surface area (Å²) in [5, 5.41) is 1.64. The van der Waals surface area contributed by atoms with E-state index in [2.05, 4.69) is 4.98 Å². The van der Waals surface area contributed by atoms with Crippen LogP contribution in [0.3, 0.4) is 0 Å². The molecule has 0 fully saturated rings. The quantitative estimate of drug-likeness (QED) is 0.572. The largest absolute Gasteiger partial charge is 0.465 e. The molecule has 2 aromatic carbocycles. The molecule has 1 N–H and O–H groups in total. The second-order valence-electron chi connectivity index (χ2n) is 4.66. The number of esters is 1. The van der Waals surface area contributed by atoms with Crippen molar-refractivity contribution in [2.75, 3.05) is 7.11 Å². The fourth-order valence-corrected chi connectivity index (χ4v) is 2.45. The number of ether oxygens (including phenoxy) is 1. The molecule has 0 amide bonds. The zero-order valence-corrected chi connectivity index (χ0v) is 11.2. The summed E-state index contributed by atoms with van der Waals surface area (Å²) in [4.78, 5) is 26.6. The number of benzene rings is 2. The monoisotopic (exact) mass is 267 g/mol. The highest BCUT2D eigenvalue weighted by atomic mass is 16.5. The fraction of sp³-hybridized carbons (Fsp3) is 0.125. The first-order valence-electron chi connectivity index (χ1n) is 6.25. The molecule has 0 atom stereocenters. The van der Waals surface area contributed by atoms with E-state index in [1.54, 1.807) is 18.2 Å². The molecule has 0 spiro atoms. The number of ketones is 1. The summed E-state index contributed by atoms with van der Waals surface area (Å²) < 4.78 is 4.82. The molecule has 0 bridgehead atoms. The molecule has 20 heavy (non-hydrogen) atoms. The normalized spacial score (nSPS) is 10.9. The second kappa shape index (κ2) is 4.49. The highest BCUT2D eigenvalue weighted by Crippen LogP contribution is 2.29. The van der Waals surface area contributed by atoms with Crippen molar-refractivity contribution in [3.8, 4) is 0 Å². The Hall–Kier alpha value is -2.62. The Bertz CT molecular complexity index is 845. The van der Waals surface area contributed by atoms with Crippen LogP contribution >= 0.6 is 0 Å². The number of methoxy groups -OCH3 is 1. The van der Waals surface area contributed by atoms with E-state index in [-0.39, 0.29) is 11.8 Å². The third-order valence-corrected chi connectivity index (χ3v) is 3.43. The minimum Gasteiger partial charge on any atom is -0.465 e. The summed E-state index contributed by atoms with van der Waals surface area (Å²) in [7, 11) is 1.36. The summed E-state index contributed by atoms with van der Waals surface area (Å²) in [6, 6.07) is 10.9. The average Bonchev–Trinajstić information content (AvgIpc) is 2.83. The predicted molar refractivity (Wildman–Crippen MR) is 77.1 cm³/mol. The SMILES string of the molecule is COC(=O)c1cccc2[nH]c3ccc(C(C)=O)cc3c12. The van der Waals surface area contributed by atoms with Crippen LogP contribution < -0.4 is 0 Å². The summed E-state index contributed by atoms with van der Waals surface area (Å²) in [6.07, 6.45) is 0. The van der Waals surface area contributed by atoms with E-state index >= 15 is 0 Å². The Labute approximate surface area is 115 Å². The van der Waals surface area contributed by atoms with E-state index in [0.29, 0.717) is 11.1 Å². The lowest BCUT2D eigenvalue weighted by Crippen LogP contribution is -2.01. The molecule has 0 unspecified atom stereocenters. The van der Waals surface area contributed by atoms with Gasteiger partial charge in [0.25, 0.3) is 0 Å². The topological polar surface area (TPSA) is 59.2 Å². The summed E-state index contributed by atoms with van der Waals surface area (Å²) in [5.41, 5.74) is 2.86. The maximum absolute atomic E-state index is 11.9. The lowest BCUT2D eigenvalue weighted by molar-refractivity contribution is 0.0603. The first-order chi connectivity index (χ1) is 9.61. The number of fused-ring (bicyclic) bond motifs is 3. The van der Waals surface area contributed by atoms with Gasteiger partial charge in [-0.3, -0.25) is 4.79 Å². The van der Waals surface area contributed by atoms with Crippen molar-refractivity contribution in [1.29, 1.82) is 0 Å². The first kappa shape index (κ1) is 12.4. The van der Waals surface area contributed by atoms with Crippen molar-refractivity contribution >= 4 is 33.6 Å². The van der Waals surface area contributed by atoms with Gasteiger partial charge in [0.2, 0.25) is 0 Å². The fourth-order valence-electron chi connectivity index (χ4n) is 2.45. The molecule has 0 aliphatic heterocycles. The van der Waals surface area contributed by atoms with Gasteiger partial charge in [0, 0.05) is 27.4 Å². The molecule has 0 saturated carbocycles. The zero-order chi connectivity index (χ0) is 14.3. The maximum Gasteiger partial charge on any atom is 0.338 e. The number of carbonyl (C=O) groups excluding carboxylic acids is 2. The standard InChI is InChI=1S/C16H13NO3/c1-9(18)10-6-7-13-12(8-10)15-11(16(19)20-2)4-3-5-14(15)17-13/h3-8,17H,1-2H3. The summed E-state index contributed by atoms with van der Waals surface area (Å²) in [6.45, 7) is 1.53. The molecule has 1 heterocycles. The Kier molecular flexibility index (Phi) is 2.79. The average molecular weight is 267 g/mol. The number of aromatic nitrogens is 1. The molecule has 100 valence electrons. The van der Waals surface area contributed by atoms with Crippen LogP contribution in [0.4, 0.5) is 0 Å². The van der Waals surface area contributed by atoms with Gasteiger partial charge in [-0.05, 0) is 37.3 Å². The number of H-pyrrole nitrogens is 1. The number of hydrogen-bond donors (Lipinski definition) is 1. The van der Waals surface area contributed by atoms with Crippen LogP contribution in [0.15, 0.2) is 36.4 Å². The van der Waals surface area contributed by atoms with Gasteiger partial charge in [-0.2, -0.15) is 0 Å². The smallest absolute Gasteiger partial charge is 0.338 e. The third kappa shape index (κ3) is 1.77. The minimum absolute atomic E-state index is 0.00296. The van der Waals surface area contributed by atoms with Crippen LogP contribution in [0.2, 0.25) is 0 Å². The number of aromatic amines is 1. The van der Waals surface area contributed by atoms with Gasteiger partial charge in [-0.25, -0.2) is 4.79 Å². The molecular weight excluding hydrogens is 254 g/mol. The second-order valence-corrected chi connectivity index (χ2v) is 4.66. The van der Waals surface area contributed by atoms with E-state index in [1.807, 2.05) is 18.2 Å². The Balaban J connectivity index is 2.42. The Morgan fingerprint density at radius 3 is 2.60 bits per heavy atom. The maximum atomic E-state index is 11.9. The molecule has 3 rings (SSSR count). The number of rotatable bonds is 2. The van der Waals surface area contributed by atoms with Gasteiger partial charge in [0.05, 0.1) is 12.7 Å². The van der Waals surface area contributed by atoms with E-state index in [4.69, 9.17) is 4.74 Å². The van der Waals surface area contributed by atoms with Crippen molar-refractivity contribution in [3.05, 3.63) is 47.5 Å². The van der Waals surface area contributed by atoms with Gasteiger partial charge in [-0.1, -0.05) is 6.07 Å². The molecular formula is C16H13NO3. The van der Waals surface area contributed by atoms with Crippen molar-refractivity contribution in [2.45, 2.75) is 6.92 Å². The molecule has 3 aromatic rings. The van der Waals surface area contributed by atoms with Crippen molar-refractivity contribution in [2.24, 2.45) is 0 Å². The van der Waals surface area contributed by atoms with Gasteiger partial charge in [-0.15, -0.1) is 0 Å². The van der Waals surface area contributed by atoms with E-state index < -0.39 is 0 Å². The Morgan fingerprint density at radius 1 is 1.10 bits per heavy atom. The predicted octanol–water partition coefficient (Wildman–Crippen LogP) is 3.31. The highest BCUT2D eigenvalue weighted by molar-refractivity contribution is 6.17. The van der Waals surface area contributed by atoms with Crippen LogP contribution in [0.25, 0.3) is 21.8 Å². The van der Waals surface area contributed by atoms with Crippen molar-refractivity contribution in [3.63, 3.8) is 0 Å². The highest BCUT2D eigenvalue weighted by Gasteiger charge is 2.15. The van der Waals surface area contributed by atoms with Crippen molar-refractivity contribution < 1.29 is 14.3 Å². The molecule has 0 aliphatic carbocycles. The van der Waals surface area contributed by atoms with E-state index in [9.17, 15) is 9.59 Å². The summed E-state index contributed by atoms with van der Waals surface area (Å²) >= 11 is 0. The van der Waals surface area contributed by atoms with Crippen LogP contribution in [0.5, 0.6) is 0 Å². The number of hydrogen-bond acceptors (Lipinski definition) is 3. The molecule has 4 nitrogen and oxygen atoms in total. The number of carbonyl (C=O) groups is 2. The number of Topliss-reactive ketones (excluding diaryl/α,β-unsaturated/α-hetero) is 1. The van der Waals surface area contributed by atoms with Gasteiger partial charge < -0.3 is 9.72 Å². The van der Waals surface area contributed by atoms with Crippen molar-refractivity contribution in [1.82, 2.24) is 4.98 Å². The van der Waals surface area contributed by atoms with Crippen LogP contribution in [-0.4, -0.2) is 23.8 Å². The van der Waals surface area contributed by atoms with Crippen LogP contribution in [0.1, 0.15) is 27.6 Å². The molecule has 0 saturated heterocycles. The Morgan fingerprint density at radius 2 is 1.90 bits per heavy atom. The van der Waals surface area contributed by atoms with Gasteiger partial charge >= 0.3 is 5.97 Å². The van der Waals surface area contributed by atoms with E-state index in [1.165, 1.54) is 14.0 Å². The summed E-state index contributed by atoms with van der Waals surface area (Å²) in [5.74, 6) is -0.387. The third-order valence-electron chi connectivity index (χ3n) is 3.43. The van der Waals surface area contributed by atoms with Crippen LogP contribution in [0, 0.1) is 0 Å². The molecule has 1 aromatic heterocycles. The zero-order valence-electron chi connectivity index (χ0n) is 11.2. The lowest BCUT2D eigenvalue weighted by atomic mass is 10.0. The number of nitrogens with one attached hydrogen (secondary N) is 1. The molecule has 4 heteroatoms. The lowest BCUT2D eigenvalue weighted by Gasteiger charge is -2.02. The van der Waals surface area contributed by atoms with Gasteiger partial charge in [0.15, 0.2) is 5.78 Å². The molecule has 0 aliphatic rings. The first-order valence-corrected chi connectivity index (χ1v) is 6.25.